The molecule has 1 aromatic heterocycles. The Morgan fingerprint density at radius 2 is 1.75 bits per heavy atom. The van der Waals surface area contributed by atoms with Crippen molar-refractivity contribution in [3.63, 3.8) is 0 Å². The van der Waals surface area contributed by atoms with E-state index in [0.717, 1.165) is 13.1 Å². The van der Waals surface area contributed by atoms with Crippen molar-refractivity contribution in [2.24, 2.45) is 5.92 Å². The highest BCUT2D eigenvalue weighted by Crippen LogP contribution is 2.24. The summed E-state index contributed by atoms with van der Waals surface area (Å²) in [5.74, 6) is -0.625. The minimum absolute atomic E-state index is 0.0204. The SMILES string of the molecule is O=C(NC1CCC(C(=O)O)CC1)c1cnc(N2CCOCC2)nc1. The predicted octanol–water partition coefficient (Wildman–Crippen LogP) is 0.686. The topological polar surface area (TPSA) is 105 Å². The van der Waals surface area contributed by atoms with Crippen molar-refractivity contribution in [1.29, 1.82) is 0 Å². The standard InChI is InChI=1S/C16H22N4O4/c21-14(19-13-3-1-11(2-4-13)15(22)23)12-9-17-16(18-10-12)20-5-7-24-8-6-20/h9-11,13H,1-8H2,(H,19,21)(H,22,23). The molecule has 1 saturated carbocycles. The zero-order valence-electron chi connectivity index (χ0n) is 13.5. The van der Waals surface area contributed by atoms with E-state index in [9.17, 15) is 9.59 Å². The number of amides is 1. The Bertz CT molecular complexity index is 578. The Labute approximate surface area is 140 Å². The van der Waals surface area contributed by atoms with Crippen LogP contribution in [0.1, 0.15) is 36.0 Å². The van der Waals surface area contributed by atoms with Crippen LogP contribution >= 0.6 is 0 Å². The second-order valence-electron chi connectivity index (χ2n) is 6.23. The number of aliphatic carboxylic acids is 1. The maximum Gasteiger partial charge on any atom is 0.306 e. The number of carboxylic acid groups (broad SMARTS) is 1. The molecule has 2 aliphatic rings. The average molecular weight is 334 g/mol. The van der Waals surface area contributed by atoms with E-state index >= 15 is 0 Å². The third-order valence-corrected chi connectivity index (χ3v) is 4.61. The number of rotatable bonds is 4. The molecule has 1 aromatic rings. The van der Waals surface area contributed by atoms with Gasteiger partial charge in [0.1, 0.15) is 0 Å². The van der Waals surface area contributed by atoms with Gasteiger partial charge in [-0.05, 0) is 25.7 Å². The molecule has 0 unspecified atom stereocenters. The predicted molar refractivity (Wildman–Crippen MR) is 85.9 cm³/mol. The third kappa shape index (κ3) is 4.00. The van der Waals surface area contributed by atoms with E-state index in [1.807, 2.05) is 4.90 Å². The summed E-state index contributed by atoms with van der Waals surface area (Å²) >= 11 is 0. The van der Waals surface area contributed by atoms with Crippen LogP contribution in [0.15, 0.2) is 12.4 Å². The highest BCUT2D eigenvalue weighted by Gasteiger charge is 2.27. The molecule has 24 heavy (non-hydrogen) atoms. The number of aromatic nitrogens is 2. The lowest BCUT2D eigenvalue weighted by Gasteiger charge is -2.27. The molecule has 1 amide bonds. The van der Waals surface area contributed by atoms with E-state index in [1.165, 1.54) is 12.4 Å². The van der Waals surface area contributed by atoms with Gasteiger partial charge in [0.2, 0.25) is 5.95 Å². The van der Waals surface area contributed by atoms with Crippen molar-refractivity contribution in [1.82, 2.24) is 15.3 Å². The Morgan fingerprint density at radius 1 is 1.12 bits per heavy atom. The summed E-state index contributed by atoms with van der Waals surface area (Å²) in [6, 6.07) is 0.0204. The highest BCUT2D eigenvalue weighted by atomic mass is 16.5. The lowest BCUT2D eigenvalue weighted by molar-refractivity contribution is -0.142. The van der Waals surface area contributed by atoms with Crippen molar-refractivity contribution >= 4 is 17.8 Å². The van der Waals surface area contributed by atoms with Crippen LogP contribution in [0.25, 0.3) is 0 Å². The molecule has 0 bridgehead atoms. The third-order valence-electron chi connectivity index (χ3n) is 4.61. The Balaban J connectivity index is 1.53. The minimum atomic E-state index is -0.744. The number of hydrogen-bond acceptors (Lipinski definition) is 6. The first-order valence-corrected chi connectivity index (χ1v) is 8.32. The van der Waals surface area contributed by atoms with E-state index in [4.69, 9.17) is 9.84 Å². The summed E-state index contributed by atoms with van der Waals surface area (Å²) in [6.45, 7) is 2.81. The second-order valence-corrected chi connectivity index (χ2v) is 6.23. The Hall–Kier alpha value is -2.22. The molecule has 0 aromatic carbocycles. The number of carboxylic acids is 1. The molecule has 130 valence electrons. The van der Waals surface area contributed by atoms with E-state index in [2.05, 4.69) is 15.3 Å². The van der Waals surface area contributed by atoms with Crippen molar-refractivity contribution in [2.45, 2.75) is 31.7 Å². The maximum atomic E-state index is 12.3. The number of nitrogens with one attached hydrogen (secondary N) is 1. The van der Waals surface area contributed by atoms with Gasteiger partial charge in [0, 0.05) is 31.5 Å². The number of ether oxygens (including phenoxy) is 1. The van der Waals surface area contributed by atoms with Crippen LogP contribution in [0.4, 0.5) is 5.95 Å². The van der Waals surface area contributed by atoms with Crippen molar-refractivity contribution < 1.29 is 19.4 Å². The van der Waals surface area contributed by atoms with Gasteiger partial charge in [-0.25, -0.2) is 9.97 Å². The number of morpholine rings is 1. The van der Waals surface area contributed by atoms with Gasteiger partial charge in [0.05, 0.1) is 24.7 Å². The first-order chi connectivity index (χ1) is 11.6. The van der Waals surface area contributed by atoms with Crippen LogP contribution in [0.5, 0.6) is 0 Å². The fraction of sp³-hybridized carbons (Fsp3) is 0.625. The quantitative estimate of drug-likeness (QED) is 0.834. The normalized spacial score (nSPS) is 24.4. The lowest BCUT2D eigenvalue weighted by atomic mass is 9.86. The second kappa shape index (κ2) is 7.57. The zero-order chi connectivity index (χ0) is 16.9. The van der Waals surface area contributed by atoms with Crippen molar-refractivity contribution in [3.8, 4) is 0 Å². The molecule has 1 aliphatic heterocycles. The largest absolute Gasteiger partial charge is 0.481 e. The van der Waals surface area contributed by atoms with Crippen molar-refractivity contribution in [3.05, 3.63) is 18.0 Å². The number of anilines is 1. The van der Waals surface area contributed by atoms with Gasteiger partial charge in [-0.1, -0.05) is 0 Å². The number of hydrogen-bond donors (Lipinski definition) is 2. The van der Waals surface area contributed by atoms with Crippen LogP contribution < -0.4 is 10.2 Å². The molecule has 0 spiro atoms. The Morgan fingerprint density at radius 3 is 2.33 bits per heavy atom. The van der Waals surface area contributed by atoms with E-state index < -0.39 is 5.97 Å². The fourth-order valence-corrected chi connectivity index (χ4v) is 3.12. The lowest BCUT2D eigenvalue weighted by Crippen LogP contribution is -2.39. The molecular formula is C16H22N4O4. The summed E-state index contributed by atoms with van der Waals surface area (Å²) in [5.41, 5.74) is 0.423. The molecule has 2 heterocycles. The first-order valence-electron chi connectivity index (χ1n) is 8.32. The van der Waals surface area contributed by atoms with Gasteiger partial charge in [-0.3, -0.25) is 9.59 Å². The molecule has 1 aliphatic carbocycles. The molecule has 3 rings (SSSR count). The van der Waals surface area contributed by atoms with Crippen molar-refractivity contribution in [2.75, 3.05) is 31.2 Å². The molecule has 0 radical (unpaired) electrons. The minimum Gasteiger partial charge on any atom is -0.481 e. The summed E-state index contributed by atoms with van der Waals surface area (Å²) in [6.07, 6.45) is 5.66. The smallest absolute Gasteiger partial charge is 0.306 e. The summed E-state index contributed by atoms with van der Waals surface area (Å²) in [7, 11) is 0. The number of carbonyl (C=O) groups is 2. The average Bonchev–Trinajstić information content (AvgIpc) is 2.63. The van der Waals surface area contributed by atoms with Gasteiger partial charge < -0.3 is 20.1 Å². The number of carbonyl (C=O) groups excluding carboxylic acids is 1. The zero-order valence-corrected chi connectivity index (χ0v) is 13.5. The van der Waals surface area contributed by atoms with Crippen LogP contribution in [-0.2, 0) is 9.53 Å². The van der Waals surface area contributed by atoms with Crippen LogP contribution in [-0.4, -0.2) is 59.3 Å². The molecular weight excluding hydrogens is 312 g/mol. The van der Waals surface area contributed by atoms with Gasteiger partial charge >= 0.3 is 5.97 Å². The fourth-order valence-electron chi connectivity index (χ4n) is 3.12. The maximum absolute atomic E-state index is 12.3. The van der Waals surface area contributed by atoms with Gasteiger partial charge in [0.15, 0.2) is 0 Å². The van der Waals surface area contributed by atoms with Gasteiger partial charge in [-0.2, -0.15) is 0 Å². The number of nitrogens with zero attached hydrogens (tertiary/aromatic N) is 3. The molecule has 8 nitrogen and oxygen atoms in total. The van der Waals surface area contributed by atoms with Crippen LogP contribution in [0.3, 0.4) is 0 Å². The van der Waals surface area contributed by atoms with E-state index in [-0.39, 0.29) is 17.9 Å². The van der Waals surface area contributed by atoms with Crippen LogP contribution in [0, 0.1) is 5.92 Å². The molecule has 1 saturated heterocycles. The summed E-state index contributed by atoms with van der Waals surface area (Å²) in [4.78, 5) is 33.8. The summed E-state index contributed by atoms with van der Waals surface area (Å²) in [5, 5.41) is 12.0. The molecule has 2 fully saturated rings. The van der Waals surface area contributed by atoms with Crippen LogP contribution in [0.2, 0.25) is 0 Å². The Kier molecular flexibility index (Phi) is 5.24. The van der Waals surface area contributed by atoms with Gasteiger partial charge in [-0.15, -0.1) is 0 Å². The molecule has 2 N–H and O–H groups in total. The van der Waals surface area contributed by atoms with E-state index in [1.54, 1.807) is 0 Å². The van der Waals surface area contributed by atoms with E-state index in [0.29, 0.717) is 50.4 Å². The molecule has 0 atom stereocenters. The summed E-state index contributed by atoms with van der Waals surface area (Å²) < 4.78 is 5.29. The molecule has 8 heteroatoms. The highest BCUT2D eigenvalue weighted by molar-refractivity contribution is 5.93. The monoisotopic (exact) mass is 334 g/mol. The first kappa shape index (κ1) is 16.6. The van der Waals surface area contributed by atoms with Gasteiger partial charge in [0.25, 0.3) is 5.91 Å².